The molecule has 0 bridgehead atoms. The largest absolute Gasteiger partial charge is 0.378 e. The fraction of sp³-hybridized carbons (Fsp3) is 0.263. The molecule has 0 saturated carbocycles. The van der Waals surface area contributed by atoms with E-state index < -0.39 is 0 Å². The molecule has 0 aliphatic carbocycles. The lowest BCUT2D eigenvalue weighted by atomic mass is 10.1. The molecule has 1 aliphatic heterocycles. The normalized spacial score (nSPS) is 15.0. The maximum absolute atomic E-state index is 5.49. The molecular weight excluding hydrogens is 318 g/mol. The quantitative estimate of drug-likeness (QED) is 0.679. The molecular formula is C19H19N3OS. The van der Waals surface area contributed by atoms with Gasteiger partial charge in [0.15, 0.2) is 5.82 Å². The Kier molecular flexibility index (Phi) is 4.36. The minimum atomic E-state index is 0.746. The third kappa shape index (κ3) is 2.97. The van der Waals surface area contributed by atoms with Gasteiger partial charge in [-0.1, -0.05) is 24.3 Å². The van der Waals surface area contributed by atoms with Crippen molar-refractivity contribution in [2.75, 3.05) is 37.5 Å². The number of aromatic nitrogens is 2. The van der Waals surface area contributed by atoms with Gasteiger partial charge in [-0.05, 0) is 30.5 Å². The summed E-state index contributed by atoms with van der Waals surface area (Å²) in [7, 11) is 0. The van der Waals surface area contributed by atoms with Gasteiger partial charge in [0.2, 0.25) is 0 Å². The minimum Gasteiger partial charge on any atom is -0.378 e. The monoisotopic (exact) mass is 337 g/mol. The molecule has 1 fully saturated rings. The lowest BCUT2D eigenvalue weighted by molar-refractivity contribution is 0.122. The first-order valence-electron chi connectivity index (χ1n) is 8.09. The Hall–Kier alpha value is -2.11. The zero-order valence-corrected chi connectivity index (χ0v) is 14.4. The lowest BCUT2D eigenvalue weighted by Crippen LogP contribution is -2.37. The molecule has 1 aromatic heterocycles. The average Bonchev–Trinajstić information content (AvgIpc) is 2.68. The van der Waals surface area contributed by atoms with Crippen molar-refractivity contribution in [1.82, 2.24) is 9.97 Å². The molecule has 4 nitrogen and oxygen atoms in total. The zero-order chi connectivity index (χ0) is 16.4. The van der Waals surface area contributed by atoms with Crippen LogP contribution >= 0.6 is 11.8 Å². The summed E-state index contributed by atoms with van der Waals surface area (Å²) in [5.41, 5.74) is 2.03. The van der Waals surface area contributed by atoms with Gasteiger partial charge in [-0.15, -0.1) is 11.8 Å². The molecule has 5 heteroatoms. The second-order valence-corrected chi connectivity index (χ2v) is 6.60. The van der Waals surface area contributed by atoms with Gasteiger partial charge in [-0.2, -0.15) is 0 Å². The van der Waals surface area contributed by atoms with Gasteiger partial charge < -0.3 is 9.64 Å². The molecule has 24 heavy (non-hydrogen) atoms. The molecule has 4 rings (SSSR count). The second kappa shape index (κ2) is 6.79. The predicted octanol–water partition coefficient (Wildman–Crippen LogP) is 3.86. The molecule has 2 aromatic carbocycles. The summed E-state index contributed by atoms with van der Waals surface area (Å²) in [6.45, 7) is 3.23. The van der Waals surface area contributed by atoms with E-state index in [-0.39, 0.29) is 0 Å². The molecule has 122 valence electrons. The molecule has 1 saturated heterocycles. The number of morpholine rings is 1. The SMILES string of the molecule is CSc1ccc(-c2nc(N3CCOCC3)c3ccccc3n2)cc1. The summed E-state index contributed by atoms with van der Waals surface area (Å²) in [6.07, 6.45) is 2.08. The van der Waals surface area contributed by atoms with Crippen molar-refractivity contribution in [2.45, 2.75) is 4.90 Å². The van der Waals surface area contributed by atoms with Crippen molar-refractivity contribution in [3.05, 3.63) is 48.5 Å². The number of fused-ring (bicyclic) bond motifs is 1. The van der Waals surface area contributed by atoms with Crippen LogP contribution in [0.3, 0.4) is 0 Å². The zero-order valence-electron chi connectivity index (χ0n) is 13.6. The van der Waals surface area contributed by atoms with Crippen LogP contribution < -0.4 is 4.90 Å². The maximum atomic E-state index is 5.49. The highest BCUT2D eigenvalue weighted by molar-refractivity contribution is 7.98. The standard InChI is InChI=1S/C19H19N3OS/c1-24-15-8-6-14(7-9-15)18-20-17-5-3-2-4-16(17)19(21-18)22-10-12-23-13-11-22/h2-9H,10-13H2,1H3. The van der Waals surface area contributed by atoms with E-state index in [0.29, 0.717) is 0 Å². The van der Waals surface area contributed by atoms with E-state index in [1.165, 1.54) is 4.90 Å². The molecule has 0 amide bonds. The highest BCUT2D eigenvalue weighted by Crippen LogP contribution is 2.28. The summed E-state index contributed by atoms with van der Waals surface area (Å²) in [5, 5.41) is 1.10. The summed E-state index contributed by atoms with van der Waals surface area (Å²) >= 11 is 1.74. The lowest BCUT2D eigenvalue weighted by Gasteiger charge is -2.29. The Labute approximate surface area is 145 Å². The van der Waals surface area contributed by atoms with Crippen LogP contribution in [0, 0.1) is 0 Å². The number of thioether (sulfide) groups is 1. The summed E-state index contributed by atoms with van der Waals surface area (Å²) in [5.74, 6) is 1.79. The maximum Gasteiger partial charge on any atom is 0.162 e. The van der Waals surface area contributed by atoms with Gasteiger partial charge in [0.1, 0.15) is 5.82 Å². The van der Waals surface area contributed by atoms with E-state index in [2.05, 4.69) is 47.6 Å². The molecule has 3 aromatic rings. The first-order valence-corrected chi connectivity index (χ1v) is 9.31. The number of hydrogen-bond donors (Lipinski definition) is 0. The van der Waals surface area contributed by atoms with Crippen LogP contribution in [0.25, 0.3) is 22.3 Å². The van der Waals surface area contributed by atoms with E-state index in [1.807, 2.05) is 12.1 Å². The molecule has 0 radical (unpaired) electrons. The van der Waals surface area contributed by atoms with Gasteiger partial charge in [0.05, 0.1) is 18.7 Å². The molecule has 1 aliphatic rings. The number of benzene rings is 2. The molecule has 0 atom stereocenters. The molecule has 0 spiro atoms. The third-order valence-electron chi connectivity index (χ3n) is 4.24. The Bertz CT molecular complexity index is 845. The van der Waals surface area contributed by atoms with Crippen molar-refractivity contribution in [3.63, 3.8) is 0 Å². The summed E-state index contributed by atoms with van der Waals surface area (Å²) in [4.78, 5) is 13.2. The number of ether oxygens (including phenoxy) is 1. The van der Waals surface area contributed by atoms with Gasteiger partial charge >= 0.3 is 0 Å². The second-order valence-electron chi connectivity index (χ2n) is 5.72. The van der Waals surface area contributed by atoms with Crippen molar-refractivity contribution in [1.29, 1.82) is 0 Å². The Morgan fingerprint density at radius 1 is 0.958 bits per heavy atom. The highest BCUT2D eigenvalue weighted by atomic mass is 32.2. The molecule has 0 unspecified atom stereocenters. The minimum absolute atomic E-state index is 0.746. The highest BCUT2D eigenvalue weighted by Gasteiger charge is 2.17. The third-order valence-corrected chi connectivity index (χ3v) is 4.99. The van der Waals surface area contributed by atoms with E-state index in [1.54, 1.807) is 11.8 Å². The fourth-order valence-corrected chi connectivity index (χ4v) is 3.35. The van der Waals surface area contributed by atoms with Crippen molar-refractivity contribution >= 4 is 28.5 Å². The van der Waals surface area contributed by atoms with Crippen LogP contribution in [-0.4, -0.2) is 42.5 Å². The van der Waals surface area contributed by atoms with Crippen LogP contribution in [0.4, 0.5) is 5.82 Å². The van der Waals surface area contributed by atoms with Crippen LogP contribution in [0.1, 0.15) is 0 Å². The smallest absolute Gasteiger partial charge is 0.162 e. The predicted molar refractivity (Wildman–Crippen MR) is 99.8 cm³/mol. The Morgan fingerprint density at radius 3 is 2.46 bits per heavy atom. The topological polar surface area (TPSA) is 38.2 Å². The Morgan fingerprint density at radius 2 is 1.71 bits per heavy atom. The van der Waals surface area contributed by atoms with E-state index in [9.17, 15) is 0 Å². The number of rotatable bonds is 3. The van der Waals surface area contributed by atoms with Crippen molar-refractivity contribution in [3.8, 4) is 11.4 Å². The van der Waals surface area contributed by atoms with Crippen molar-refractivity contribution < 1.29 is 4.74 Å². The van der Waals surface area contributed by atoms with Gasteiger partial charge in [-0.25, -0.2) is 9.97 Å². The van der Waals surface area contributed by atoms with Gasteiger partial charge in [-0.3, -0.25) is 0 Å². The Balaban J connectivity index is 1.83. The van der Waals surface area contributed by atoms with Gasteiger partial charge in [0.25, 0.3) is 0 Å². The van der Waals surface area contributed by atoms with E-state index in [0.717, 1.165) is 54.4 Å². The van der Waals surface area contributed by atoms with E-state index >= 15 is 0 Å². The summed E-state index contributed by atoms with van der Waals surface area (Å²) in [6, 6.07) is 16.7. The first kappa shape index (κ1) is 15.4. The summed E-state index contributed by atoms with van der Waals surface area (Å²) < 4.78 is 5.49. The molecule has 0 N–H and O–H groups in total. The van der Waals surface area contributed by atoms with Crippen LogP contribution in [0.5, 0.6) is 0 Å². The number of para-hydroxylation sites is 1. The van der Waals surface area contributed by atoms with Gasteiger partial charge in [0, 0.05) is 28.9 Å². The number of nitrogens with zero attached hydrogens (tertiary/aromatic N) is 3. The first-order chi connectivity index (χ1) is 11.8. The van der Waals surface area contributed by atoms with Crippen LogP contribution in [0.2, 0.25) is 0 Å². The molecule has 2 heterocycles. The van der Waals surface area contributed by atoms with Crippen LogP contribution in [0.15, 0.2) is 53.4 Å². The number of anilines is 1. The average molecular weight is 337 g/mol. The fourth-order valence-electron chi connectivity index (χ4n) is 2.95. The van der Waals surface area contributed by atoms with E-state index in [4.69, 9.17) is 14.7 Å². The van der Waals surface area contributed by atoms with Crippen LogP contribution in [-0.2, 0) is 4.74 Å². The number of hydrogen-bond acceptors (Lipinski definition) is 5. The van der Waals surface area contributed by atoms with Crippen molar-refractivity contribution in [2.24, 2.45) is 0 Å².